The number of fused-ring (bicyclic) bond motifs is 1. The van der Waals surface area contributed by atoms with Crippen LogP contribution in [0.1, 0.15) is 46.2 Å². The highest BCUT2D eigenvalue weighted by Gasteiger charge is 2.28. The van der Waals surface area contributed by atoms with E-state index in [1.54, 1.807) is 4.68 Å². The van der Waals surface area contributed by atoms with E-state index in [4.69, 9.17) is 0 Å². The minimum Gasteiger partial charge on any atom is -0.338 e. The zero-order valence-corrected chi connectivity index (χ0v) is 15.7. The molecule has 0 aliphatic carbocycles. The van der Waals surface area contributed by atoms with Crippen molar-refractivity contribution < 1.29 is 4.79 Å². The average Bonchev–Trinajstić information content (AvgIpc) is 2.94. The Bertz CT molecular complexity index is 1080. The Balaban J connectivity index is 1.69. The number of aryl methyl sites for hydroxylation is 3. The number of hydrogen-bond donors (Lipinski definition) is 1. The van der Waals surface area contributed by atoms with Crippen LogP contribution in [0.3, 0.4) is 0 Å². The summed E-state index contributed by atoms with van der Waals surface area (Å²) in [6.45, 7) is 5.03. The maximum Gasteiger partial charge on any atom is 0.254 e. The second-order valence-corrected chi connectivity index (χ2v) is 7.15. The number of aromatic nitrogens is 5. The molecule has 1 saturated heterocycles. The predicted molar refractivity (Wildman–Crippen MR) is 101 cm³/mol. The number of piperidine rings is 1. The fourth-order valence-electron chi connectivity index (χ4n) is 3.92. The van der Waals surface area contributed by atoms with Crippen LogP contribution in [0.2, 0.25) is 0 Å². The van der Waals surface area contributed by atoms with Crippen molar-refractivity contribution in [1.29, 1.82) is 0 Å². The molecule has 1 aliphatic rings. The first-order chi connectivity index (χ1) is 12.9. The standard InChI is InChI=1S/C19H22N6O2/c1-11-7-14(17-12(2)23-24(3)18(17)22-11)19(27)25-6-4-5-13(9-25)15-8-16(26)21-10-20-15/h7-8,10,13H,4-6,9H2,1-3H3,(H,20,21,26). The van der Waals surface area contributed by atoms with Gasteiger partial charge in [-0.15, -0.1) is 0 Å². The zero-order chi connectivity index (χ0) is 19.1. The van der Waals surface area contributed by atoms with Crippen LogP contribution in [0.15, 0.2) is 23.3 Å². The Labute approximate surface area is 156 Å². The molecular weight excluding hydrogens is 344 g/mol. The summed E-state index contributed by atoms with van der Waals surface area (Å²) in [6.07, 6.45) is 3.22. The Morgan fingerprint density at radius 2 is 2.11 bits per heavy atom. The molecule has 1 fully saturated rings. The highest BCUT2D eigenvalue weighted by molar-refractivity contribution is 6.06. The number of aromatic amines is 1. The Hall–Kier alpha value is -3.03. The molecule has 1 unspecified atom stereocenters. The van der Waals surface area contributed by atoms with Crippen molar-refractivity contribution in [3.63, 3.8) is 0 Å². The molecule has 27 heavy (non-hydrogen) atoms. The van der Waals surface area contributed by atoms with Gasteiger partial charge in [-0.05, 0) is 32.8 Å². The van der Waals surface area contributed by atoms with Gasteiger partial charge in [-0.1, -0.05) is 0 Å². The second-order valence-electron chi connectivity index (χ2n) is 7.15. The first-order valence-electron chi connectivity index (χ1n) is 9.09. The van der Waals surface area contributed by atoms with Crippen LogP contribution in [0, 0.1) is 13.8 Å². The summed E-state index contributed by atoms with van der Waals surface area (Å²) in [5, 5.41) is 5.24. The number of rotatable bonds is 2. The van der Waals surface area contributed by atoms with Crippen LogP contribution in [0.4, 0.5) is 0 Å². The number of nitrogens with one attached hydrogen (secondary N) is 1. The molecule has 0 saturated carbocycles. The fraction of sp³-hybridized carbons (Fsp3) is 0.421. The van der Waals surface area contributed by atoms with Crippen molar-refractivity contribution >= 4 is 16.9 Å². The van der Waals surface area contributed by atoms with Crippen molar-refractivity contribution in [2.24, 2.45) is 7.05 Å². The third kappa shape index (κ3) is 3.11. The molecule has 8 heteroatoms. The molecular formula is C19H22N6O2. The topological polar surface area (TPSA) is 96.8 Å². The third-order valence-electron chi connectivity index (χ3n) is 5.15. The summed E-state index contributed by atoms with van der Waals surface area (Å²) in [5.74, 6) is 0.0505. The molecule has 3 aromatic heterocycles. The first kappa shape index (κ1) is 17.4. The zero-order valence-electron chi connectivity index (χ0n) is 15.7. The van der Waals surface area contributed by atoms with Gasteiger partial charge in [-0.3, -0.25) is 14.3 Å². The van der Waals surface area contributed by atoms with E-state index in [-0.39, 0.29) is 17.4 Å². The van der Waals surface area contributed by atoms with Crippen molar-refractivity contribution in [2.45, 2.75) is 32.6 Å². The molecule has 1 amide bonds. The highest BCUT2D eigenvalue weighted by Crippen LogP contribution is 2.28. The number of likely N-dealkylation sites (tertiary alicyclic amines) is 1. The van der Waals surface area contributed by atoms with Gasteiger partial charge in [0.1, 0.15) is 0 Å². The van der Waals surface area contributed by atoms with Crippen molar-refractivity contribution in [3.8, 4) is 0 Å². The molecule has 0 bridgehead atoms. The number of nitrogens with zero attached hydrogens (tertiary/aromatic N) is 5. The Morgan fingerprint density at radius 1 is 1.30 bits per heavy atom. The minimum atomic E-state index is -0.166. The molecule has 0 aromatic carbocycles. The molecule has 1 N–H and O–H groups in total. The molecule has 3 aromatic rings. The van der Waals surface area contributed by atoms with Crippen LogP contribution in [-0.4, -0.2) is 48.6 Å². The largest absolute Gasteiger partial charge is 0.338 e. The van der Waals surface area contributed by atoms with Crippen LogP contribution in [-0.2, 0) is 7.05 Å². The van der Waals surface area contributed by atoms with E-state index < -0.39 is 0 Å². The molecule has 0 spiro atoms. The van der Waals surface area contributed by atoms with E-state index in [1.807, 2.05) is 31.9 Å². The van der Waals surface area contributed by atoms with Gasteiger partial charge in [0.05, 0.1) is 28.7 Å². The highest BCUT2D eigenvalue weighted by atomic mass is 16.2. The molecule has 8 nitrogen and oxygen atoms in total. The number of hydrogen-bond acceptors (Lipinski definition) is 5. The second kappa shape index (κ2) is 6.61. The van der Waals surface area contributed by atoms with Gasteiger partial charge < -0.3 is 9.88 Å². The lowest BCUT2D eigenvalue weighted by Gasteiger charge is -2.32. The summed E-state index contributed by atoms with van der Waals surface area (Å²) < 4.78 is 1.72. The lowest BCUT2D eigenvalue weighted by molar-refractivity contribution is 0.0707. The van der Waals surface area contributed by atoms with Crippen LogP contribution in [0.25, 0.3) is 11.0 Å². The number of pyridine rings is 1. The molecule has 4 heterocycles. The van der Waals surface area contributed by atoms with Gasteiger partial charge in [-0.25, -0.2) is 9.97 Å². The average molecular weight is 366 g/mol. The number of H-pyrrole nitrogens is 1. The Morgan fingerprint density at radius 3 is 2.89 bits per heavy atom. The van der Waals surface area contributed by atoms with Gasteiger partial charge in [0.25, 0.3) is 11.5 Å². The quantitative estimate of drug-likeness (QED) is 0.744. The summed E-state index contributed by atoms with van der Waals surface area (Å²) in [5.41, 5.74) is 3.53. The van der Waals surface area contributed by atoms with Gasteiger partial charge in [0, 0.05) is 37.8 Å². The monoisotopic (exact) mass is 366 g/mol. The van der Waals surface area contributed by atoms with Gasteiger partial charge in [0.15, 0.2) is 5.65 Å². The lowest BCUT2D eigenvalue weighted by atomic mass is 9.94. The van der Waals surface area contributed by atoms with Crippen molar-refractivity contribution in [2.75, 3.05) is 13.1 Å². The third-order valence-corrected chi connectivity index (χ3v) is 5.15. The lowest BCUT2D eigenvalue weighted by Crippen LogP contribution is -2.39. The number of amides is 1. The summed E-state index contributed by atoms with van der Waals surface area (Å²) in [4.78, 5) is 38.2. The normalized spacial score (nSPS) is 17.4. The van der Waals surface area contributed by atoms with E-state index >= 15 is 0 Å². The number of carbonyl (C=O) groups is 1. The molecule has 0 radical (unpaired) electrons. The Kier molecular flexibility index (Phi) is 4.25. The van der Waals surface area contributed by atoms with Crippen LogP contribution < -0.4 is 5.56 Å². The van der Waals surface area contributed by atoms with Gasteiger partial charge >= 0.3 is 0 Å². The molecule has 1 aliphatic heterocycles. The van der Waals surface area contributed by atoms with Gasteiger partial charge in [-0.2, -0.15) is 5.10 Å². The molecule has 1 atom stereocenters. The minimum absolute atomic E-state index is 0.0175. The van der Waals surface area contributed by atoms with E-state index in [0.717, 1.165) is 41.0 Å². The molecule has 140 valence electrons. The maximum atomic E-state index is 13.3. The van der Waals surface area contributed by atoms with Crippen LogP contribution in [0.5, 0.6) is 0 Å². The van der Waals surface area contributed by atoms with E-state index in [0.29, 0.717) is 18.7 Å². The van der Waals surface area contributed by atoms with Gasteiger partial charge in [0.2, 0.25) is 0 Å². The predicted octanol–water partition coefficient (Wildman–Crippen LogP) is 1.69. The van der Waals surface area contributed by atoms with E-state index in [1.165, 1.54) is 12.4 Å². The SMILES string of the molecule is Cc1cc(C(=O)N2CCCC(c3cc(=O)[nH]cn3)C2)c2c(C)nn(C)c2n1. The molecule has 4 rings (SSSR count). The fourth-order valence-corrected chi connectivity index (χ4v) is 3.92. The maximum absolute atomic E-state index is 13.3. The van der Waals surface area contributed by atoms with E-state index in [2.05, 4.69) is 20.1 Å². The smallest absolute Gasteiger partial charge is 0.254 e. The summed E-state index contributed by atoms with van der Waals surface area (Å²) in [6, 6.07) is 3.37. The van der Waals surface area contributed by atoms with Crippen LogP contribution >= 0.6 is 0 Å². The summed E-state index contributed by atoms with van der Waals surface area (Å²) >= 11 is 0. The van der Waals surface area contributed by atoms with Crippen molar-refractivity contribution in [3.05, 3.63) is 51.5 Å². The van der Waals surface area contributed by atoms with Crippen molar-refractivity contribution in [1.82, 2.24) is 29.6 Å². The van der Waals surface area contributed by atoms with E-state index in [9.17, 15) is 9.59 Å². The summed E-state index contributed by atoms with van der Waals surface area (Å²) in [7, 11) is 1.84. The first-order valence-corrected chi connectivity index (χ1v) is 9.09. The number of carbonyl (C=O) groups excluding carboxylic acids is 1.